The standard InChI is InChI=1S/C33H41N3O6/c34-31-12-7-13-33(22-31,36-29(40)42-20-24-10-5-2-6-11-24)26(18-31)25-16-30(27(37)38)14-15-32(17-25,21-30)35-28(39)41-19-23-8-3-1-4-9-23/h1-6,8-11,25-26H,7,12-22,34H2,(H,35,39)(H,36,40)(H,37,38). The highest BCUT2D eigenvalue weighted by molar-refractivity contribution is 5.77. The first-order valence-electron chi connectivity index (χ1n) is 15.1. The summed E-state index contributed by atoms with van der Waals surface area (Å²) in [6, 6.07) is 19.0. The van der Waals surface area contributed by atoms with E-state index in [-0.39, 0.29) is 25.0 Å². The van der Waals surface area contributed by atoms with Crippen LogP contribution in [0.5, 0.6) is 0 Å². The highest BCUT2D eigenvalue weighted by Gasteiger charge is 2.64. The summed E-state index contributed by atoms with van der Waals surface area (Å²) in [5.74, 6) is -0.876. The lowest BCUT2D eigenvalue weighted by Crippen LogP contribution is -2.58. The molecule has 6 unspecified atom stereocenters. The Labute approximate surface area is 246 Å². The van der Waals surface area contributed by atoms with Crippen molar-refractivity contribution in [3.05, 3.63) is 71.8 Å². The summed E-state index contributed by atoms with van der Waals surface area (Å²) in [4.78, 5) is 38.9. The Morgan fingerprint density at radius 1 is 0.786 bits per heavy atom. The number of carbonyl (C=O) groups excluding carboxylic acids is 2. The van der Waals surface area contributed by atoms with Gasteiger partial charge in [0, 0.05) is 16.6 Å². The minimum atomic E-state index is -0.927. The van der Waals surface area contributed by atoms with E-state index in [1.54, 1.807) is 0 Å². The lowest BCUT2D eigenvalue weighted by atomic mass is 9.61. The molecule has 2 amide bonds. The van der Waals surface area contributed by atoms with Gasteiger partial charge in [-0.1, -0.05) is 60.7 Å². The average Bonchev–Trinajstić information content (AvgIpc) is 3.36. The van der Waals surface area contributed by atoms with Crippen molar-refractivity contribution in [1.29, 1.82) is 0 Å². The average molecular weight is 576 g/mol. The maximum Gasteiger partial charge on any atom is 0.407 e. The molecule has 4 aliphatic rings. The van der Waals surface area contributed by atoms with E-state index in [1.807, 2.05) is 60.7 Å². The number of benzene rings is 2. The van der Waals surface area contributed by atoms with E-state index in [2.05, 4.69) is 10.6 Å². The molecule has 0 spiro atoms. The van der Waals surface area contributed by atoms with E-state index in [0.717, 1.165) is 30.4 Å². The largest absolute Gasteiger partial charge is 0.481 e. The van der Waals surface area contributed by atoms with Crippen LogP contribution in [-0.2, 0) is 27.5 Å². The third-order valence-corrected chi connectivity index (χ3v) is 10.5. The summed E-state index contributed by atoms with van der Waals surface area (Å²) in [6.07, 6.45) is 5.48. The van der Waals surface area contributed by atoms with E-state index in [1.165, 1.54) is 0 Å². The Morgan fingerprint density at radius 2 is 1.40 bits per heavy atom. The van der Waals surface area contributed by atoms with Crippen molar-refractivity contribution < 1.29 is 29.0 Å². The molecule has 0 heterocycles. The molecule has 2 aromatic carbocycles. The maximum atomic E-state index is 13.2. The monoisotopic (exact) mass is 575 g/mol. The molecule has 6 rings (SSSR count). The fourth-order valence-electron chi connectivity index (χ4n) is 8.88. The predicted octanol–water partition coefficient (Wildman–Crippen LogP) is 5.27. The van der Waals surface area contributed by atoms with Crippen LogP contribution in [-0.4, -0.2) is 39.9 Å². The first-order valence-corrected chi connectivity index (χ1v) is 15.1. The van der Waals surface area contributed by atoms with Gasteiger partial charge in [0.15, 0.2) is 0 Å². The van der Waals surface area contributed by atoms with Gasteiger partial charge in [0.1, 0.15) is 13.2 Å². The zero-order chi connectivity index (χ0) is 29.4. The molecule has 9 heteroatoms. The van der Waals surface area contributed by atoms with Crippen LogP contribution < -0.4 is 16.4 Å². The number of fused-ring (bicyclic) bond motifs is 4. The van der Waals surface area contributed by atoms with Gasteiger partial charge in [0.05, 0.1) is 5.41 Å². The van der Waals surface area contributed by atoms with Gasteiger partial charge in [-0.05, 0) is 87.2 Å². The molecule has 4 aliphatic carbocycles. The number of carboxylic acid groups (broad SMARTS) is 1. The number of rotatable bonds is 8. The molecule has 9 nitrogen and oxygen atoms in total. The van der Waals surface area contributed by atoms with Crippen LogP contribution in [0.3, 0.4) is 0 Å². The van der Waals surface area contributed by atoms with Gasteiger partial charge >= 0.3 is 18.2 Å². The first-order chi connectivity index (χ1) is 20.1. The number of aliphatic carboxylic acids is 1. The number of carbonyl (C=O) groups is 3. The van der Waals surface area contributed by atoms with Crippen molar-refractivity contribution in [2.24, 2.45) is 23.0 Å². The second kappa shape index (κ2) is 10.9. The zero-order valence-corrected chi connectivity index (χ0v) is 24.0. The number of nitrogens with two attached hydrogens (primary N) is 1. The van der Waals surface area contributed by atoms with E-state index in [0.29, 0.717) is 44.9 Å². The molecule has 4 fully saturated rings. The van der Waals surface area contributed by atoms with Crippen LogP contribution in [0.4, 0.5) is 9.59 Å². The Morgan fingerprint density at radius 3 is 2.02 bits per heavy atom. The molecule has 42 heavy (non-hydrogen) atoms. The number of hydrogen-bond acceptors (Lipinski definition) is 6. The molecular formula is C33H41N3O6. The topological polar surface area (TPSA) is 140 Å². The van der Waals surface area contributed by atoms with Gasteiger partial charge < -0.3 is 30.9 Å². The second-order valence-corrected chi connectivity index (χ2v) is 13.4. The number of nitrogens with one attached hydrogen (secondary N) is 2. The fourth-order valence-corrected chi connectivity index (χ4v) is 8.88. The van der Waals surface area contributed by atoms with Crippen LogP contribution in [0.25, 0.3) is 0 Å². The number of alkyl carbamates (subject to hydrolysis) is 2. The normalized spacial score (nSPS) is 34.8. The predicted molar refractivity (Wildman–Crippen MR) is 155 cm³/mol. The summed E-state index contributed by atoms with van der Waals surface area (Å²) in [6.45, 7) is 0.317. The van der Waals surface area contributed by atoms with Crippen molar-refractivity contribution in [3.8, 4) is 0 Å². The molecule has 0 saturated heterocycles. The summed E-state index contributed by atoms with van der Waals surface area (Å²) in [7, 11) is 0. The number of hydrogen-bond donors (Lipinski definition) is 4. The Kier molecular flexibility index (Phi) is 7.41. The molecule has 4 bridgehead atoms. The second-order valence-electron chi connectivity index (χ2n) is 13.4. The number of ether oxygens (including phenoxy) is 2. The summed E-state index contributed by atoms with van der Waals surface area (Å²) in [5.41, 5.74) is 6.11. The van der Waals surface area contributed by atoms with Gasteiger partial charge in [0.25, 0.3) is 0 Å². The van der Waals surface area contributed by atoms with Crippen LogP contribution in [0.1, 0.15) is 75.3 Å². The van der Waals surface area contributed by atoms with E-state index in [9.17, 15) is 19.5 Å². The van der Waals surface area contributed by atoms with Crippen molar-refractivity contribution in [1.82, 2.24) is 10.6 Å². The van der Waals surface area contributed by atoms with Gasteiger partial charge in [-0.2, -0.15) is 0 Å². The molecule has 0 radical (unpaired) electrons. The first kappa shape index (κ1) is 28.5. The summed E-state index contributed by atoms with van der Waals surface area (Å²) < 4.78 is 11.2. The lowest BCUT2D eigenvalue weighted by Gasteiger charge is -2.48. The molecular weight excluding hydrogens is 534 g/mol. The molecule has 0 aliphatic heterocycles. The fraction of sp³-hybridized carbons (Fsp3) is 0.545. The van der Waals surface area contributed by atoms with Crippen molar-refractivity contribution in [2.75, 3.05) is 0 Å². The minimum absolute atomic E-state index is 0.0204. The Bertz CT molecular complexity index is 1320. The molecule has 6 atom stereocenters. The van der Waals surface area contributed by atoms with Gasteiger partial charge in [-0.3, -0.25) is 4.79 Å². The minimum Gasteiger partial charge on any atom is -0.481 e. The van der Waals surface area contributed by atoms with Crippen molar-refractivity contribution in [3.63, 3.8) is 0 Å². The maximum absolute atomic E-state index is 13.2. The summed E-state index contributed by atoms with van der Waals surface area (Å²) in [5, 5.41) is 16.8. The Hall–Kier alpha value is -3.59. The van der Waals surface area contributed by atoms with Gasteiger partial charge in [-0.15, -0.1) is 0 Å². The van der Waals surface area contributed by atoms with Crippen molar-refractivity contribution in [2.45, 2.75) is 94.0 Å². The molecule has 224 valence electrons. The molecule has 5 N–H and O–H groups in total. The number of amides is 2. The molecule has 4 saturated carbocycles. The highest BCUT2D eigenvalue weighted by atomic mass is 16.6. The van der Waals surface area contributed by atoms with Crippen LogP contribution in [0.2, 0.25) is 0 Å². The zero-order valence-electron chi connectivity index (χ0n) is 24.0. The van der Waals surface area contributed by atoms with E-state index >= 15 is 0 Å². The third-order valence-electron chi connectivity index (χ3n) is 10.5. The van der Waals surface area contributed by atoms with Crippen LogP contribution in [0, 0.1) is 17.3 Å². The third kappa shape index (κ3) is 5.59. The summed E-state index contributed by atoms with van der Waals surface area (Å²) >= 11 is 0. The van der Waals surface area contributed by atoms with Crippen LogP contribution in [0.15, 0.2) is 60.7 Å². The molecule has 0 aromatic heterocycles. The van der Waals surface area contributed by atoms with Gasteiger partial charge in [0.2, 0.25) is 0 Å². The lowest BCUT2D eigenvalue weighted by molar-refractivity contribution is -0.152. The molecule has 2 aromatic rings. The van der Waals surface area contributed by atoms with Crippen LogP contribution >= 0.6 is 0 Å². The van der Waals surface area contributed by atoms with Gasteiger partial charge in [-0.25, -0.2) is 9.59 Å². The Balaban J connectivity index is 1.20. The van der Waals surface area contributed by atoms with E-state index < -0.39 is 40.2 Å². The quantitative estimate of drug-likeness (QED) is 0.336. The SMILES string of the molecule is NC12CCCC(NC(=O)OCc3ccccc3)(C1)C(C1CC3(NC(=O)OCc4ccccc4)CCC(C(=O)O)(C1)C3)C2. The van der Waals surface area contributed by atoms with Crippen molar-refractivity contribution >= 4 is 18.2 Å². The smallest absolute Gasteiger partial charge is 0.407 e. The highest BCUT2D eigenvalue weighted by Crippen LogP contribution is 2.62. The van der Waals surface area contributed by atoms with E-state index in [4.69, 9.17) is 15.2 Å². The number of carboxylic acids is 1.